The Morgan fingerprint density at radius 2 is 1.81 bits per heavy atom. The third kappa shape index (κ3) is 6.39. The predicted octanol–water partition coefficient (Wildman–Crippen LogP) is 1.22. The van der Waals surface area contributed by atoms with Gasteiger partial charge < -0.3 is 28.7 Å². The fourth-order valence-corrected chi connectivity index (χ4v) is 4.30. The molecule has 2 aromatic heterocycles. The number of hydrogen-bond donors (Lipinski definition) is 0. The lowest BCUT2D eigenvalue weighted by molar-refractivity contribution is -0.145. The third-order valence-electron chi connectivity index (χ3n) is 6.01. The molecule has 2 aliphatic heterocycles. The second-order valence-corrected chi connectivity index (χ2v) is 8.52. The zero-order valence-electron chi connectivity index (χ0n) is 20.7. The van der Waals surface area contributed by atoms with Crippen LogP contribution >= 0.6 is 0 Å². The van der Waals surface area contributed by atoms with Gasteiger partial charge in [0.2, 0.25) is 11.8 Å². The van der Waals surface area contributed by atoms with Gasteiger partial charge in [0.05, 0.1) is 25.1 Å². The van der Waals surface area contributed by atoms with Crippen molar-refractivity contribution in [2.75, 3.05) is 46.6 Å². The van der Waals surface area contributed by atoms with Crippen LogP contribution in [0.1, 0.15) is 18.0 Å². The Labute approximate surface area is 214 Å². The number of rotatable bonds is 11. The monoisotopic (exact) mass is 510 g/mol. The Balaban J connectivity index is 1.41. The zero-order valence-corrected chi connectivity index (χ0v) is 20.7. The van der Waals surface area contributed by atoms with Crippen LogP contribution in [-0.2, 0) is 14.3 Å². The summed E-state index contributed by atoms with van der Waals surface area (Å²) in [5.74, 6) is -0.668. The molecule has 0 spiro atoms. The van der Waals surface area contributed by atoms with Crippen molar-refractivity contribution in [2.45, 2.75) is 18.6 Å². The highest BCUT2D eigenvalue weighted by molar-refractivity contribution is 5.90. The van der Waals surface area contributed by atoms with Crippen molar-refractivity contribution in [1.29, 1.82) is 0 Å². The first kappa shape index (κ1) is 26.0. The molecular weight excluding hydrogens is 480 g/mol. The molecule has 0 bridgehead atoms. The standard InChI is InChI=1S/C25H30N6O6/c1-4-10-35-23-27-24(36-11-5-2)29-25(28-23)37-16-18-15-31(9-12-34-18)22(33)19-13-20(32)30(3)21(19)17-7-6-8-26-14-17/h4-8,14,18-19,21H,1-2,9-13,15-16H2,3H3/t18?,19-,21+/m1/s1. The average molecular weight is 511 g/mol. The van der Waals surface area contributed by atoms with E-state index >= 15 is 0 Å². The van der Waals surface area contributed by atoms with Crippen molar-refractivity contribution in [3.05, 3.63) is 55.4 Å². The van der Waals surface area contributed by atoms with Gasteiger partial charge in [-0.15, -0.1) is 15.0 Å². The number of hydrogen-bond acceptors (Lipinski definition) is 10. The second kappa shape index (κ2) is 12.3. The Hall–Kier alpha value is -4.06. The quantitative estimate of drug-likeness (QED) is 0.407. The molecule has 37 heavy (non-hydrogen) atoms. The summed E-state index contributed by atoms with van der Waals surface area (Å²) in [6.07, 6.45) is 6.22. The normalized spacial score (nSPS) is 21.4. The molecule has 0 aromatic carbocycles. The van der Waals surface area contributed by atoms with E-state index in [1.54, 1.807) is 47.5 Å². The molecule has 4 heterocycles. The van der Waals surface area contributed by atoms with Crippen LogP contribution < -0.4 is 14.2 Å². The van der Waals surface area contributed by atoms with Crippen LogP contribution in [0, 0.1) is 5.92 Å². The van der Waals surface area contributed by atoms with Crippen molar-refractivity contribution >= 4 is 11.8 Å². The van der Waals surface area contributed by atoms with Crippen LogP contribution in [0.3, 0.4) is 0 Å². The summed E-state index contributed by atoms with van der Waals surface area (Å²) < 4.78 is 22.4. The van der Waals surface area contributed by atoms with Crippen molar-refractivity contribution < 1.29 is 28.5 Å². The van der Waals surface area contributed by atoms with Crippen LogP contribution in [0.5, 0.6) is 18.0 Å². The molecule has 196 valence electrons. The van der Waals surface area contributed by atoms with Crippen molar-refractivity contribution in [1.82, 2.24) is 29.7 Å². The summed E-state index contributed by atoms with van der Waals surface area (Å²) in [6, 6.07) is 3.39. The van der Waals surface area contributed by atoms with E-state index in [2.05, 4.69) is 33.1 Å². The Kier molecular flexibility index (Phi) is 8.62. The number of nitrogens with zero attached hydrogens (tertiary/aromatic N) is 6. The first-order valence-electron chi connectivity index (χ1n) is 11.9. The maximum Gasteiger partial charge on any atom is 0.326 e. The van der Waals surface area contributed by atoms with Gasteiger partial charge in [0.25, 0.3) is 0 Å². The molecule has 2 saturated heterocycles. The summed E-state index contributed by atoms with van der Waals surface area (Å²) in [6.45, 7) is 8.76. The first-order chi connectivity index (χ1) is 18.0. The second-order valence-electron chi connectivity index (χ2n) is 8.52. The van der Waals surface area contributed by atoms with E-state index in [0.717, 1.165) is 5.56 Å². The summed E-state index contributed by atoms with van der Waals surface area (Å²) in [7, 11) is 1.72. The molecule has 0 aliphatic carbocycles. The van der Waals surface area contributed by atoms with E-state index in [4.69, 9.17) is 18.9 Å². The van der Waals surface area contributed by atoms with Gasteiger partial charge in [0, 0.05) is 32.4 Å². The van der Waals surface area contributed by atoms with Gasteiger partial charge in [-0.2, -0.15) is 0 Å². The largest absolute Gasteiger partial charge is 0.460 e. The van der Waals surface area contributed by atoms with Crippen LogP contribution in [0.25, 0.3) is 0 Å². The van der Waals surface area contributed by atoms with Crippen molar-refractivity contribution in [3.63, 3.8) is 0 Å². The SMILES string of the molecule is C=CCOc1nc(OCC=C)nc(OCC2CN(C(=O)[C@@H]3CC(=O)N(C)[C@H]3c3cccnc3)CCO2)n1. The molecule has 0 saturated carbocycles. The van der Waals surface area contributed by atoms with Gasteiger partial charge in [0.15, 0.2) is 0 Å². The zero-order chi connectivity index (χ0) is 26.2. The van der Waals surface area contributed by atoms with Crippen LogP contribution in [0.2, 0.25) is 0 Å². The molecular formula is C25H30N6O6. The van der Waals surface area contributed by atoms with Gasteiger partial charge in [-0.05, 0) is 11.6 Å². The molecule has 4 rings (SSSR count). The summed E-state index contributed by atoms with van der Waals surface area (Å²) in [5.41, 5.74) is 0.834. The van der Waals surface area contributed by atoms with Gasteiger partial charge in [-0.25, -0.2) is 0 Å². The smallest absolute Gasteiger partial charge is 0.326 e. The van der Waals surface area contributed by atoms with Crippen molar-refractivity contribution in [3.8, 4) is 18.0 Å². The van der Waals surface area contributed by atoms with Gasteiger partial charge in [0.1, 0.15) is 25.9 Å². The van der Waals surface area contributed by atoms with E-state index < -0.39 is 12.0 Å². The Morgan fingerprint density at radius 3 is 2.43 bits per heavy atom. The number of morpholine rings is 1. The highest BCUT2D eigenvalue weighted by Crippen LogP contribution is 2.38. The number of carbonyl (C=O) groups is 2. The Bertz CT molecular complexity index is 1090. The maximum absolute atomic E-state index is 13.5. The van der Waals surface area contributed by atoms with Crippen molar-refractivity contribution in [2.24, 2.45) is 5.92 Å². The number of amides is 2. The van der Waals surface area contributed by atoms with E-state index in [1.807, 2.05) is 6.07 Å². The fraction of sp³-hybridized carbons (Fsp3) is 0.440. The summed E-state index contributed by atoms with van der Waals surface area (Å²) in [4.78, 5) is 45.9. The van der Waals surface area contributed by atoms with Crippen LogP contribution in [-0.4, -0.2) is 94.2 Å². The third-order valence-corrected chi connectivity index (χ3v) is 6.01. The summed E-state index contributed by atoms with van der Waals surface area (Å²) >= 11 is 0. The molecule has 0 N–H and O–H groups in total. The average Bonchev–Trinajstić information content (AvgIpc) is 3.23. The lowest BCUT2D eigenvalue weighted by atomic mass is 9.93. The molecule has 12 nitrogen and oxygen atoms in total. The summed E-state index contributed by atoms with van der Waals surface area (Å²) in [5, 5.41) is 0. The van der Waals surface area contributed by atoms with E-state index in [1.165, 1.54) is 0 Å². The minimum Gasteiger partial charge on any atom is -0.460 e. The number of pyridine rings is 1. The molecule has 2 aliphatic rings. The molecule has 2 amide bonds. The van der Waals surface area contributed by atoms with Crippen LogP contribution in [0.15, 0.2) is 49.8 Å². The molecule has 2 fully saturated rings. The lowest BCUT2D eigenvalue weighted by Gasteiger charge is -2.35. The molecule has 12 heteroatoms. The van der Waals surface area contributed by atoms with E-state index in [-0.39, 0.29) is 62.1 Å². The van der Waals surface area contributed by atoms with Gasteiger partial charge in [-0.3, -0.25) is 14.6 Å². The molecule has 2 aromatic rings. The van der Waals surface area contributed by atoms with Gasteiger partial charge in [-0.1, -0.05) is 31.4 Å². The topological polar surface area (TPSA) is 129 Å². The molecule has 3 atom stereocenters. The molecule has 1 unspecified atom stereocenters. The Morgan fingerprint density at radius 1 is 1.14 bits per heavy atom. The first-order valence-corrected chi connectivity index (χ1v) is 11.9. The highest BCUT2D eigenvalue weighted by atomic mass is 16.6. The number of aromatic nitrogens is 4. The van der Waals surface area contributed by atoms with Gasteiger partial charge >= 0.3 is 18.0 Å². The van der Waals surface area contributed by atoms with E-state index in [9.17, 15) is 9.59 Å². The highest BCUT2D eigenvalue weighted by Gasteiger charge is 2.45. The number of likely N-dealkylation sites (tertiary alicyclic amines) is 1. The fourth-order valence-electron chi connectivity index (χ4n) is 4.30. The lowest BCUT2D eigenvalue weighted by Crippen LogP contribution is -2.50. The van der Waals surface area contributed by atoms with Crippen LogP contribution in [0.4, 0.5) is 0 Å². The number of ether oxygens (including phenoxy) is 4. The predicted molar refractivity (Wildman–Crippen MR) is 131 cm³/mol. The van der Waals surface area contributed by atoms with E-state index in [0.29, 0.717) is 19.7 Å². The maximum atomic E-state index is 13.5. The molecule has 0 radical (unpaired) electrons. The minimum absolute atomic E-state index is 0.000157. The number of carbonyl (C=O) groups excluding carboxylic acids is 2. The minimum atomic E-state index is -0.501.